The molecule has 98 valence electrons. The van der Waals surface area contributed by atoms with E-state index >= 15 is 0 Å². The first-order valence-corrected chi connectivity index (χ1v) is 6.91. The van der Waals surface area contributed by atoms with Gasteiger partial charge >= 0.3 is 0 Å². The van der Waals surface area contributed by atoms with Crippen molar-refractivity contribution in [3.63, 3.8) is 0 Å². The molecule has 1 nitrogen and oxygen atoms in total. The summed E-state index contributed by atoms with van der Waals surface area (Å²) in [5.41, 5.74) is 0.682. The quantitative estimate of drug-likeness (QED) is 0.816. The Hall–Kier alpha value is -1.12. The lowest BCUT2D eigenvalue weighted by molar-refractivity contribution is 0.0569. The molecule has 1 aromatic carbocycles. The Morgan fingerprint density at radius 3 is 2.50 bits per heavy atom. The van der Waals surface area contributed by atoms with Crippen LogP contribution < -0.4 is 5.32 Å². The lowest BCUT2D eigenvalue weighted by Crippen LogP contribution is -2.50. The van der Waals surface area contributed by atoms with Crippen molar-refractivity contribution in [1.82, 2.24) is 0 Å². The maximum Gasteiger partial charge on any atom is 0.146 e. The molecular formula is C15H19F2N. The minimum atomic E-state index is -0.379. The SMILES string of the molecule is Fc1ccc(F)c(NC2CCC23CCCCC3)c1. The number of anilines is 1. The lowest BCUT2D eigenvalue weighted by Gasteiger charge is -2.52. The Bertz CT molecular complexity index is 438. The minimum Gasteiger partial charge on any atom is -0.379 e. The molecule has 1 aromatic rings. The van der Waals surface area contributed by atoms with Gasteiger partial charge in [0.2, 0.25) is 0 Å². The van der Waals surface area contributed by atoms with Crippen molar-refractivity contribution in [2.24, 2.45) is 5.41 Å². The van der Waals surface area contributed by atoms with Gasteiger partial charge in [0.1, 0.15) is 11.6 Å². The van der Waals surface area contributed by atoms with E-state index in [-0.39, 0.29) is 11.6 Å². The fraction of sp³-hybridized carbons (Fsp3) is 0.600. The molecule has 1 spiro atoms. The summed E-state index contributed by atoms with van der Waals surface area (Å²) in [5, 5.41) is 3.23. The van der Waals surface area contributed by atoms with Crippen LogP contribution in [0.25, 0.3) is 0 Å². The van der Waals surface area contributed by atoms with Crippen LogP contribution in [0, 0.1) is 17.0 Å². The van der Waals surface area contributed by atoms with Gasteiger partial charge in [0.15, 0.2) is 0 Å². The highest BCUT2D eigenvalue weighted by atomic mass is 19.1. The normalized spacial score (nSPS) is 25.8. The van der Waals surface area contributed by atoms with Crippen LogP contribution in [-0.4, -0.2) is 6.04 Å². The topological polar surface area (TPSA) is 12.0 Å². The van der Waals surface area contributed by atoms with Gasteiger partial charge in [0, 0.05) is 6.04 Å². The second kappa shape index (κ2) is 4.52. The summed E-state index contributed by atoms with van der Waals surface area (Å²) < 4.78 is 26.8. The first-order chi connectivity index (χ1) is 8.70. The fourth-order valence-corrected chi connectivity index (χ4v) is 3.57. The van der Waals surface area contributed by atoms with Crippen molar-refractivity contribution in [2.45, 2.75) is 51.0 Å². The van der Waals surface area contributed by atoms with Crippen LogP contribution in [-0.2, 0) is 0 Å². The van der Waals surface area contributed by atoms with Crippen molar-refractivity contribution in [3.8, 4) is 0 Å². The second-order valence-corrected chi connectivity index (χ2v) is 5.78. The Morgan fingerprint density at radius 2 is 1.83 bits per heavy atom. The van der Waals surface area contributed by atoms with Gasteiger partial charge in [-0.25, -0.2) is 8.78 Å². The third-order valence-electron chi connectivity index (χ3n) is 4.78. The molecule has 0 heterocycles. The standard InChI is InChI=1S/C15H19F2N/c16-11-4-5-12(17)13(10-11)18-14-6-9-15(14)7-2-1-3-8-15/h4-5,10,14,18H,1-3,6-9H2. The summed E-state index contributed by atoms with van der Waals surface area (Å²) in [6, 6.07) is 3.96. The zero-order chi connectivity index (χ0) is 12.6. The van der Waals surface area contributed by atoms with E-state index in [1.54, 1.807) is 0 Å². The van der Waals surface area contributed by atoms with Crippen LogP contribution in [0.5, 0.6) is 0 Å². The summed E-state index contributed by atoms with van der Waals surface area (Å²) in [4.78, 5) is 0. The van der Waals surface area contributed by atoms with Crippen molar-refractivity contribution < 1.29 is 8.78 Å². The van der Waals surface area contributed by atoms with E-state index in [0.29, 0.717) is 17.1 Å². The number of nitrogens with one attached hydrogen (secondary N) is 1. The monoisotopic (exact) mass is 251 g/mol. The second-order valence-electron chi connectivity index (χ2n) is 5.78. The van der Waals surface area contributed by atoms with Crippen LogP contribution in [0.4, 0.5) is 14.5 Å². The summed E-state index contributed by atoms with van der Waals surface area (Å²) in [5.74, 6) is -0.731. The first-order valence-electron chi connectivity index (χ1n) is 6.91. The molecule has 1 N–H and O–H groups in total. The summed E-state index contributed by atoms with van der Waals surface area (Å²) in [6.45, 7) is 0. The molecule has 0 bridgehead atoms. The molecule has 2 fully saturated rings. The van der Waals surface area contributed by atoms with E-state index < -0.39 is 0 Å². The van der Waals surface area contributed by atoms with E-state index in [1.807, 2.05) is 0 Å². The Kier molecular flexibility index (Phi) is 3.00. The van der Waals surface area contributed by atoms with Crippen LogP contribution in [0.2, 0.25) is 0 Å². The highest BCUT2D eigenvalue weighted by Crippen LogP contribution is 2.52. The molecule has 2 saturated carbocycles. The molecule has 0 aliphatic heterocycles. The summed E-state index contributed by atoms with van der Waals surface area (Å²) >= 11 is 0. The maximum absolute atomic E-state index is 13.6. The minimum absolute atomic E-state index is 0.324. The van der Waals surface area contributed by atoms with E-state index in [9.17, 15) is 8.78 Å². The largest absolute Gasteiger partial charge is 0.379 e. The molecule has 0 radical (unpaired) electrons. The van der Waals surface area contributed by atoms with Crippen LogP contribution in [0.1, 0.15) is 44.9 Å². The Balaban J connectivity index is 1.74. The van der Waals surface area contributed by atoms with Crippen LogP contribution >= 0.6 is 0 Å². The number of hydrogen-bond acceptors (Lipinski definition) is 1. The lowest BCUT2D eigenvalue weighted by atomic mass is 9.57. The zero-order valence-electron chi connectivity index (χ0n) is 10.5. The molecular weight excluding hydrogens is 232 g/mol. The third-order valence-corrected chi connectivity index (χ3v) is 4.78. The third kappa shape index (κ3) is 2.00. The van der Waals surface area contributed by atoms with Gasteiger partial charge in [0.05, 0.1) is 5.69 Å². The molecule has 2 aliphatic rings. The van der Waals surface area contributed by atoms with Crippen LogP contribution in [0.3, 0.4) is 0 Å². The van der Waals surface area contributed by atoms with Gasteiger partial charge in [0.25, 0.3) is 0 Å². The van der Waals surface area contributed by atoms with E-state index in [0.717, 1.165) is 12.5 Å². The number of benzene rings is 1. The molecule has 1 unspecified atom stereocenters. The molecule has 0 amide bonds. The van der Waals surface area contributed by atoms with Crippen LogP contribution in [0.15, 0.2) is 18.2 Å². The van der Waals surface area contributed by atoms with Gasteiger partial charge in [-0.05, 0) is 49.3 Å². The first kappa shape index (κ1) is 11.9. The maximum atomic E-state index is 13.6. The number of hydrogen-bond donors (Lipinski definition) is 1. The van der Waals surface area contributed by atoms with Crippen molar-refractivity contribution in [2.75, 3.05) is 5.32 Å². The molecule has 3 heteroatoms. The van der Waals surface area contributed by atoms with E-state index in [4.69, 9.17) is 0 Å². The highest BCUT2D eigenvalue weighted by Gasteiger charge is 2.46. The fourth-order valence-electron chi connectivity index (χ4n) is 3.57. The molecule has 0 saturated heterocycles. The van der Waals surface area contributed by atoms with Gasteiger partial charge in [-0.1, -0.05) is 19.3 Å². The summed E-state index contributed by atoms with van der Waals surface area (Å²) in [7, 11) is 0. The molecule has 1 atom stereocenters. The van der Waals surface area contributed by atoms with E-state index in [1.165, 1.54) is 50.7 Å². The Labute approximate surface area is 107 Å². The number of rotatable bonds is 2. The average molecular weight is 251 g/mol. The molecule has 2 aliphatic carbocycles. The predicted octanol–water partition coefficient (Wildman–Crippen LogP) is 4.49. The molecule has 0 aromatic heterocycles. The molecule has 3 rings (SSSR count). The van der Waals surface area contributed by atoms with Crippen molar-refractivity contribution in [1.29, 1.82) is 0 Å². The molecule has 18 heavy (non-hydrogen) atoms. The highest BCUT2D eigenvalue weighted by molar-refractivity contribution is 5.46. The van der Waals surface area contributed by atoms with E-state index in [2.05, 4.69) is 5.32 Å². The van der Waals surface area contributed by atoms with Crippen molar-refractivity contribution in [3.05, 3.63) is 29.8 Å². The summed E-state index contributed by atoms with van der Waals surface area (Å²) in [6.07, 6.45) is 8.68. The Morgan fingerprint density at radius 1 is 1.06 bits per heavy atom. The number of halogens is 2. The smallest absolute Gasteiger partial charge is 0.146 e. The van der Waals surface area contributed by atoms with Gasteiger partial charge in [-0.3, -0.25) is 0 Å². The van der Waals surface area contributed by atoms with Gasteiger partial charge in [-0.15, -0.1) is 0 Å². The zero-order valence-corrected chi connectivity index (χ0v) is 10.5. The van der Waals surface area contributed by atoms with Gasteiger partial charge in [-0.2, -0.15) is 0 Å². The predicted molar refractivity (Wildman–Crippen MR) is 68.5 cm³/mol. The van der Waals surface area contributed by atoms with Gasteiger partial charge < -0.3 is 5.32 Å². The van der Waals surface area contributed by atoms with Crippen molar-refractivity contribution >= 4 is 5.69 Å². The average Bonchev–Trinajstić information content (AvgIpc) is 2.39.